The summed E-state index contributed by atoms with van der Waals surface area (Å²) in [6.45, 7) is 2.37. The smallest absolute Gasteiger partial charge is 0.287 e. The number of hydrogen-bond acceptors (Lipinski definition) is 5. The van der Waals surface area contributed by atoms with E-state index in [2.05, 4.69) is 10.4 Å². The number of aliphatic hydroxyl groups excluding tert-OH is 1. The Hall–Kier alpha value is -1.73. The minimum atomic E-state index is -0.276. The molecule has 2 unspecified atom stereocenters. The first kappa shape index (κ1) is 15.7. The average molecular weight is 309 g/mol. The molecule has 2 aromatic heterocycles. The van der Waals surface area contributed by atoms with Gasteiger partial charge in [0, 0.05) is 23.7 Å². The van der Waals surface area contributed by atoms with E-state index < -0.39 is 0 Å². The lowest BCUT2D eigenvalue weighted by atomic mass is 10.2. The van der Waals surface area contributed by atoms with Crippen molar-refractivity contribution in [2.75, 3.05) is 12.9 Å². The van der Waals surface area contributed by atoms with E-state index >= 15 is 0 Å². The predicted molar refractivity (Wildman–Crippen MR) is 81.4 cm³/mol. The van der Waals surface area contributed by atoms with E-state index in [9.17, 15) is 9.90 Å². The number of nitrogens with one attached hydrogen (secondary N) is 1. The molecule has 2 heterocycles. The van der Waals surface area contributed by atoms with E-state index in [1.54, 1.807) is 23.0 Å². The summed E-state index contributed by atoms with van der Waals surface area (Å²) in [6, 6.07) is 5.10. The Kier molecular flexibility index (Phi) is 5.46. The van der Waals surface area contributed by atoms with Crippen LogP contribution in [0.1, 0.15) is 23.2 Å². The summed E-state index contributed by atoms with van der Waals surface area (Å²) < 4.78 is 7.25. The van der Waals surface area contributed by atoms with E-state index in [0.717, 1.165) is 0 Å². The Morgan fingerprint density at radius 3 is 3.00 bits per heavy atom. The summed E-state index contributed by atoms with van der Waals surface area (Å²) >= 11 is 1.52. The average Bonchev–Trinajstić information content (AvgIpc) is 3.12. The van der Waals surface area contributed by atoms with Crippen LogP contribution < -0.4 is 5.32 Å². The summed E-state index contributed by atoms with van der Waals surface area (Å²) in [5.74, 6) is 0.656. The summed E-state index contributed by atoms with van der Waals surface area (Å²) in [7, 11) is 0. The van der Waals surface area contributed by atoms with Crippen molar-refractivity contribution in [1.82, 2.24) is 15.1 Å². The molecule has 1 amide bonds. The van der Waals surface area contributed by atoms with Crippen LogP contribution in [0.4, 0.5) is 0 Å². The van der Waals surface area contributed by atoms with Crippen LogP contribution in [0.5, 0.6) is 0 Å². The zero-order valence-corrected chi connectivity index (χ0v) is 12.8. The van der Waals surface area contributed by atoms with Crippen molar-refractivity contribution in [2.24, 2.45) is 0 Å². The largest absolute Gasteiger partial charge is 0.454 e. The molecular formula is C14H19N3O3S. The molecule has 0 fully saturated rings. The lowest BCUT2D eigenvalue weighted by Gasteiger charge is -2.20. The maximum absolute atomic E-state index is 12.1. The van der Waals surface area contributed by atoms with Crippen molar-refractivity contribution in [3.05, 3.63) is 42.1 Å². The molecule has 0 bridgehead atoms. The molecule has 7 heteroatoms. The summed E-state index contributed by atoms with van der Waals surface area (Å²) in [5, 5.41) is 16.1. The zero-order valence-electron chi connectivity index (χ0n) is 12.0. The van der Waals surface area contributed by atoms with Crippen LogP contribution in [-0.2, 0) is 6.54 Å². The number of furan rings is 1. The molecule has 2 aromatic rings. The Morgan fingerprint density at radius 1 is 1.57 bits per heavy atom. The quantitative estimate of drug-likeness (QED) is 0.807. The van der Waals surface area contributed by atoms with Crippen molar-refractivity contribution < 1.29 is 14.3 Å². The number of carbonyl (C=O) groups excluding carboxylic acids is 1. The maximum atomic E-state index is 12.1. The number of aliphatic hydroxyl groups is 1. The normalized spacial score (nSPS) is 13.9. The van der Waals surface area contributed by atoms with E-state index in [1.807, 2.05) is 25.4 Å². The molecule has 6 nitrogen and oxygen atoms in total. The van der Waals surface area contributed by atoms with Gasteiger partial charge in [0.2, 0.25) is 0 Å². The molecule has 2 atom stereocenters. The van der Waals surface area contributed by atoms with Gasteiger partial charge in [0.15, 0.2) is 5.76 Å². The third kappa shape index (κ3) is 4.12. The van der Waals surface area contributed by atoms with Crippen LogP contribution in [0.15, 0.2) is 35.0 Å². The number of hydrogen-bond donors (Lipinski definition) is 2. The van der Waals surface area contributed by atoms with Gasteiger partial charge in [-0.05, 0) is 31.4 Å². The molecule has 2 rings (SSSR count). The van der Waals surface area contributed by atoms with Crippen LogP contribution in [0.25, 0.3) is 0 Å². The van der Waals surface area contributed by atoms with Crippen molar-refractivity contribution in [2.45, 2.75) is 24.8 Å². The molecule has 114 valence electrons. The highest BCUT2D eigenvalue weighted by molar-refractivity contribution is 7.99. The molecule has 21 heavy (non-hydrogen) atoms. The first-order valence-electron chi connectivity index (χ1n) is 6.64. The Morgan fingerprint density at radius 2 is 2.38 bits per heavy atom. The fourth-order valence-corrected chi connectivity index (χ4v) is 2.57. The van der Waals surface area contributed by atoms with Gasteiger partial charge in [-0.3, -0.25) is 9.48 Å². The molecule has 0 aliphatic rings. The van der Waals surface area contributed by atoms with Crippen molar-refractivity contribution >= 4 is 17.7 Å². The van der Waals surface area contributed by atoms with Gasteiger partial charge >= 0.3 is 0 Å². The van der Waals surface area contributed by atoms with Gasteiger partial charge < -0.3 is 14.8 Å². The molecule has 0 aromatic carbocycles. The van der Waals surface area contributed by atoms with Gasteiger partial charge in [-0.25, -0.2) is 0 Å². The lowest BCUT2D eigenvalue weighted by Crippen LogP contribution is -2.41. The van der Waals surface area contributed by atoms with Gasteiger partial charge in [0.25, 0.3) is 5.91 Å². The third-order valence-corrected chi connectivity index (χ3v) is 4.32. The Labute approximate surface area is 127 Å². The van der Waals surface area contributed by atoms with Crippen molar-refractivity contribution in [3.8, 4) is 0 Å². The summed E-state index contributed by atoms with van der Waals surface area (Å²) in [4.78, 5) is 12.1. The van der Waals surface area contributed by atoms with Gasteiger partial charge in [-0.1, -0.05) is 0 Å². The minimum Gasteiger partial charge on any atom is -0.454 e. The maximum Gasteiger partial charge on any atom is 0.287 e. The Bertz CT molecular complexity index is 564. The molecule has 0 saturated heterocycles. The predicted octanol–water partition coefficient (Wildman–Crippen LogP) is 1.37. The van der Waals surface area contributed by atoms with Crippen LogP contribution in [0.2, 0.25) is 0 Å². The molecular weight excluding hydrogens is 290 g/mol. The van der Waals surface area contributed by atoms with Crippen LogP contribution in [-0.4, -0.2) is 44.9 Å². The minimum absolute atomic E-state index is 0.0192. The zero-order chi connectivity index (χ0) is 15.2. The first-order chi connectivity index (χ1) is 10.1. The highest BCUT2D eigenvalue weighted by atomic mass is 32.2. The van der Waals surface area contributed by atoms with E-state index in [0.29, 0.717) is 12.3 Å². The second kappa shape index (κ2) is 7.33. The number of nitrogens with zero attached hydrogens (tertiary/aromatic N) is 2. The van der Waals surface area contributed by atoms with Gasteiger partial charge in [0.05, 0.1) is 13.2 Å². The van der Waals surface area contributed by atoms with Gasteiger partial charge in [-0.2, -0.15) is 16.9 Å². The molecule has 0 aliphatic heterocycles. The van der Waals surface area contributed by atoms with Crippen molar-refractivity contribution in [3.63, 3.8) is 0 Å². The highest BCUT2D eigenvalue weighted by Crippen LogP contribution is 2.13. The second-order valence-corrected chi connectivity index (χ2v) is 5.77. The number of thioether (sulfide) groups is 1. The molecule has 2 N–H and O–H groups in total. The lowest BCUT2D eigenvalue weighted by molar-refractivity contribution is 0.0906. The third-order valence-electron chi connectivity index (χ3n) is 3.16. The van der Waals surface area contributed by atoms with E-state index in [4.69, 9.17) is 4.42 Å². The standard InChI is InChI=1S/C14H19N3O3S/c1-10(13(9-18)21-2)16-14(19)12-5-4-11(20-12)8-17-7-3-6-15-17/h3-7,10,13,18H,8-9H2,1-2H3,(H,16,19). The molecule has 0 aliphatic carbocycles. The van der Waals surface area contributed by atoms with Crippen LogP contribution in [0, 0.1) is 0 Å². The van der Waals surface area contributed by atoms with E-state index in [1.165, 1.54) is 11.8 Å². The first-order valence-corrected chi connectivity index (χ1v) is 7.93. The summed E-state index contributed by atoms with van der Waals surface area (Å²) in [6.07, 6.45) is 5.42. The highest BCUT2D eigenvalue weighted by Gasteiger charge is 2.20. The fraction of sp³-hybridized carbons (Fsp3) is 0.429. The number of aromatic nitrogens is 2. The Balaban J connectivity index is 1.95. The summed E-state index contributed by atoms with van der Waals surface area (Å²) in [5.41, 5.74) is 0. The van der Waals surface area contributed by atoms with Crippen LogP contribution in [0.3, 0.4) is 0 Å². The topological polar surface area (TPSA) is 80.3 Å². The fourth-order valence-electron chi connectivity index (χ4n) is 1.95. The number of amides is 1. The second-order valence-electron chi connectivity index (χ2n) is 4.69. The van der Waals surface area contributed by atoms with Gasteiger partial charge in [-0.15, -0.1) is 0 Å². The molecule has 0 radical (unpaired) electrons. The monoisotopic (exact) mass is 309 g/mol. The molecule has 0 spiro atoms. The van der Waals surface area contributed by atoms with Crippen LogP contribution >= 0.6 is 11.8 Å². The molecule has 0 saturated carbocycles. The van der Waals surface area contributed by atoms with Gasteiger partial charge in [0.1, 0.15) is 5.76 Å². The number of rotatable bonds is 7. The van der Waals surface area contributed by atoms with E-state index in [-0.39, 0.29) is 29.6 Å². The number of carbonyl (C=O) groups is 1. The van der Waals surface area contributed by atoms with Crippen molar-refractivity contribution in [1.29, 1.82) is 0 Å². The SMILES string of the molecule is CSC(CO)C(C)NC(=O)c1ccc(Cn2cccn2)o1.